The van der Waals surface area contributed by atoms with Crippen LogP contribution in [0.15, 0.2) is 66.0 Å². The molecule has 186 valence electrons. The van der Waals surface area contributed by atoms with Crippen molar-refractivity contribution in [3.63, 3.8) is 0 Å². The Balaban J connectivity index is 1.69. The van der Waals surface area contributed by atoms with Gasteiger partial charge in [0.1, 0.15) is 5.82 Å². The van der Waals surface area contributed by atoms with Crippen LogP contribution in [-0.4, -0.2) is 34.8 Å². The Kier molecular flexibility index (Phi) is 7.12. The molecule has 4 rings (SSSR count). The van der Waals surface area contributed by atoms with Gasteiger partial charge < -0.3 is 9.47 Å². The van der Waals surface area contributed by atoms with Crippen LogP contribution < -0.4 is 0 Å². The van der Waals surface area contributed by atoms with Crippen LogP contribution in [-0.2, 0) is 33.5 Å². The van der Waals surface area contributed by atoms with Gasteiger partial charge in [-0.05, 0) is 29.9 Å². The van der Waals surface area contributed by atoms with Crippen LogP contribution in [0.4, 0.5) is 4.39 Å². The molecule has 0 saturated heterocycles. The van der Waals surface area contributed by atoms with Crippen LogP contribution in [0.2, 0.25) is 0 Å². The lowest BCUT2D eigenvalue weighted by Crippen LogP contribution is -2.35. The summed E-state index contributed by atoms with van der Waals surface area (Å²) in [7, 11) is -3.95. The summed E-state index contributed by atoms with van der Waals surface area (Å²) in [5, 5.41) is -0.112. The van der Waals surface area contributed by atoms with Crippen molar-refractivity contribution in [3.05, 3.63) is 83.4 Å². The Morgan fingerprint density at radius 2 is 1.74 bits per heavy atom. The second-order valence-electron chi connectivity index (χ2n) is 10.4. The summed E-state index contributed by atoms with van der Waals surface area (Å²) in [5.41, 5.74) is 1.51. The highest BCUT2D eigenvalue weighted by molar-refractivity contribution is 7.90. The van der Waals surface area contributed by atoms with E-state index in [4.69, 9.17) is 0 Å². The Hall–Kier alpha value is -3.00. The predicted octanol–water partition coefficient (Wildman–Crippen LogP) is 4.97. The van der Waals surface area contributed by atoms with Crippen LogP contribution in [0.5, 0.6) is 0 Å². The fraction of sp³-hybridized carbons (Fsp3) is 0.407. The fourth-order valence-electron chi connectivity index (χ4n) is 4.12. The molecule has 0 aliphatic heterocycles. The molecule has 1 aliphatic carbocycles. The molecule has 6 nitrogen and oxygen atoms in total. The van der Waals surface area contributed by atoms with E-state index in [1.165, 1.54) is 24.4 Å². The summed E-state index contributed by atoms with van der Waals surface area (Å²) in [6.45, 7) is 6.66. The number of amides is 1. The number of nitrogens with zero attached hydrogens (tertiary/aromatic N) is 3. The molecule has 2 aromatic carbocycles. The van der Waals surface area contributed by atoms with Crippen molar-refractivity contribution in [1.82, 2.24) is 14.5 Å². The lowest BCUT2D eigenvalue weighted by molar-refractivity contribution is -0.134. The molecule has 0 bridgehead atoms. The highest BCUT2D eigenvalue weighted by Gasteiger charge is 2.35. The molecular weight excluding hydrogens is 465 g/mol. The topological polar surface area (TPSA) is 72.3 Å². The standard InChI is InChI=1S/C27H32FN3O3S/c1-27(2,3)15-25(32)30(22-13-14-22)18-23-16-29-26(31(23)17-20-9-5-4-6-10-20)35(33,34)19-21-11-7-8-12-24(21)28/h4-12,16,22H,13-15,17-19H2,1-3H3. The SMILES string of the molecule is CC(C)(C)CC(=O)N(Cc1cnc(S(=O)(=O)Cc2ccccc2F)n1Cc1ccccc1)C1CC1. The first-order valence-corrected chi connectivity index (χ1v) is 13.5. The average Bonchev–Trinajstić information content (AvgIpc) is 3.54. The smallest absolute Gasteiger partial charge is 0.228 e. The van der Waals surface area contributed by atoms with Gasteiger partial charge in [0.25, 0.3) is 0 Å². The summed E-state index contributed by atoms with van der Waals surface area (Å²) in [6, 6.07) is 15.5. The van der Waals surface area contributed by atoms with E-state index >= 15 is 0 Å². The third kappa shape index (κ3) is 6.36. The number of hydrogen-bond acceptors (Lipinski definition) is 4. The van der Waals surface area contributed by atoms with E-state index < -0.39 is 21.4 Å². The molecule has 0 spiro atoms. The maximum absolute atomic E-state index is 14.2. The number of carbonyl (C=O) groups excluding carboxylic acids is 1. The lowest BCUT2D eigenvalue weighted by atomic mass is 9.91. The van der Waals surface area contributed by atoms with Crippen LogP contribution in [0.1, 0.15) is 56.9 Å². The summed E-state index contributed by atoms with van der Waals surface area (Å²) in [4.78, 5) is 19.3. The first-order chi connectivity index (χ1) is 16.5. The van der Waals surface area contributed by atoms with Crippen LogP contribution >= 0.6 is 0 Å². The molecule has 0 unspecified atom stereocenters. The molecule has 1 aromatic heterocycles. The minimum Gasteiger partial charge on any atom is -0.334 e. The van der Waals surface area contributed by atoms with Gasteiger partial charge in [-0.25, -0.2) is 17.8 Å². The third-order valence-electron chi connectivity index (χ3n) is 5.99. The molecule has 0 atom stereocenters. The summed E-state index contributed by atoms with van der Waals surface area (Å²) in [5.74, 6) is -0.992. The van der Waals surface area contributed by atoms with E-state index in [1.807, 2.05) is 56.0 Å². The highest BCUT2D eigenvalue weighted by Crippen LogP contribution is 2.32. The summed E-state index contributed by atoms with van der Waals surface area (Å²) >= 11 is 0. The molecule has 1 aliphatic rings. The molecular formula is C27H32FN3O3S. The first-order valence-electron chi connectivity index (χ1n) is 11.9. The number of aromatic nitrogens is 2. The molecule has 1 heterocycles. The molecule has 1 fully saturated rings. The average molecular weight is 498 g/mol. The van der Waals surface area contributed by atoms with E-state index in [1.54, 1.807) is 10.6 Å². The van der Waals surface area contributed by atoms with E-state index in [-0.39, 0.29) is 41.2 Å². The molecule has 0 radical (unpaired) electrons. The molecule has 3 aromatic rings. The second kappa shape index (κ2) is 9.93. The maximum Gasteiger partial charge on any atom is 0.228 e. The maximum atomic E-state index is 14.2. The van der Waals surface area contributed by atoms with Gasteiger partial charge in [-0.1, -0.05) is 69.3 Å². The largest absolute Gasteiger partial charge is 0.334 e. The minimum absolute atomic E-state index is 0.0585. The first kappa shape index (κ1) is 25.1. The zero-order chi connectivity index (χ0) is 25.2. The quantitative estimate of drug-likeness (QED) is 0.418. The van der Waals surface area contributed by atoms with Gasteiger partial charge >= 0.3 is 0 Å². The number of hydrogen-bond donors (Lipinski definition) is 0. The highest BCUT2D eigenvalue weighted by atomic mass is 32.2. The van der Waals surface area contributed by atoms with E-state index in [2.05, 4.69) is 4.98 Å². The molecule has 1 amide bonds. The van der Waals surface area contributed by atoms with Crippen molar-refractivity contribution in [3.8, 4) is 0 Å². The molecule has 35 heavy (non-hydrogen) atoms. The molecule has 0 N–H and O–H groups in total. The van der Waals surface area contributed by atoms with Crippen molar-refractivity contribution in [2.75, 3.05) is 0 Å². The Labute approximate surface area is 206 Å². The summed E-state index contributed by atoms with van der Waals surface area (Å²) in [6.07, 6.45) is 3.84. The number of rotatable bonds is 9. The monoisotopic (exact) mass is 497 g/mol. The third-order valence-corrected chi connectivity index (χ3v) is 7.56. The molecule has 1 saturated carbocycles. The van der Waals surface area contributed by atoms with Crippen LogP contribution in [0, 0.1) is 11.2 Å². The van der Waals surface area contributed by atoms with Crippen molar-refractivity contribution < 1.29 is 17.6 Å². The second-order valence-corrected chi connectivity index (χ2v) is 12.3. The summed E-state index contributed by atoms with van der Waals surface area (Å²) < 4.78 is 42.7. The van der Waals surface area contributed by atoms with Gasteiger partial charge in [-0.15, -0.1) is 0 Å². The van der Waals surface area contributed by atoms with E-state index in [0.717, 1.165) is 18.4 Å². The number of halogens is 1. The number of benzene rings is 2. The fourth-order valence-corrected chi connectivity index (χ4v) is 5.63. The number of carbonyl (C=O) groups is 1. The Morgan fingerprint density at radius 3 is 2.37 bits per heavy atom. The van der Waals surface area contributed by atoms with Crippen molar-refractivity contribution >= 4 is 15.7 Å². The number of imidazole rings is 1. The van der Waals surface area contributed by atoms with Gasteiger partial charge in [-0.3, -0.25) is 4.79 Å². The van der Waals surface area contributed by atoms with Gasteiger partial charge in [0, 0.05) is 18.0 Å². The van der Waals surface area contributed by atoms with Gasteiger partial charge in [0.05, 0.1) is 30.7 Å². The van der Waals surface area contributed by atoms with Crippen molar-refractivity contribution in [1.29, 1.82) is 0 Å². The van der Waals surface area contributed by atoms with Crippen molar-refractivity contribution in [2.24, 2.45) is 5.41 Å². The minimum atomic E-state index is -3.95. The molecule has 8 heteroatoms. The van der Waals surface area contributed by atoms with E-state index in [9.17, 15) is 17.6 Å². The van der Waals surface area contributed by atoms with E-state index in [0.29, 0.717) is 12.1 Å². The van der Waals surface area contributed by atoms with Crippen molar-refractivity contribution in [2.45, 2.75) is 70.1 Å². The lowest BCUT2D eigenvalue weighted by Gasteiger charge is -2.27. The normalized spacial score (nSPS) is 14.2. The zero-order valence-corrected chi connectivity index (χ0v) is 21.3. The predicted molar refractivity (Wildman–Crippen MR) is 133 cm³/mol. The zero-order valence-electron chi connectivity index (χ0n) is 20.4. The van der Waals surface area contributed by atoms with Gasteiger partial charge in [0.2, 0.25) is 20.9 Å². The van der Waals surface area contributed by atoms with Crippen LogP contribution in [0.3, 0.4) is 0 Å². The van der Waals surface area contributed by atoms with Gasteiger partial charge in [-0.2, -0.15) is 0 Å². The number of sulfone groups is 1. The Bertz CT molecular complexity index is 1290. The van der Waals surface area contributed by atoms with Gasteiger partial charge in [0.15, 0.2) is 0 Å². The Morgan fingerprint density at radius 1 is 1.09 bits per heavy atom. The van der Waals surface area contributed by atoms with Crippen LogP contribution in [0.25, 0.3) is 0 Å².